The van der Waals surface area contributed by atoms with Gasteiger partial charge in [0.05, 0.1) is 0 Å². The lowest BCUT2D eigenvalue weighted by atomic mass is 10.1. The number of anilines is 1. The molecule has 3 aromatic rings. The molecule has 1 fully saturated rings. The van der Waals surface area contributed by atoms with Gasteiger partial charge in [-0.05, 0) is 36.4 Å². The third-order valence-corrected chi connectivity index (χ3v) is 5.85. The molecule has 0 atom stereocenters. The van der Waals surface area contributed by atoms with Crippen molar-refractivity contribution in [1.29, 1.82) is 0 Å². The van der Waals surface area contributed by atoms with E-state index in [0.717, 1.165) is 44.8 Å². The summed E-state index contributed by atoms with van der Waals surface area (Å²) in [6.07, 6.45) is 0. The van der Waals surface area contributed by atoms with Crippen LogP contribution in [0.4, 0.5) is 5.69 Å². The quantitative estimate of drug-likeness (QED) is 0.629. The first kappa shape index (κ1) is 20.6. The molecule has 1 saturated heterocycles. The van der Waals surface area contributed by atoms with Crippen LogP contribution in [0.25, 0.3) is 11.0 Å². The van der Waals surface area contributed by atoms with Crippen molar-refractivity contribution in [2.75, 3.05) is 38.0 Å². The van der Waals surface area contributed by atoms with E-state index in [2.05, 4.69) is 22.0 Å². The predicted molar refractivity (Wildman–Crippen MR) is 119 cm³/mol. The van der Waals surface area contributed by atoms with Crippen LogP contribution in [0.1, 0.15) is 22.8 Å². The molecule has 2 heterocycles. The highest BCUT2D eigenvalue weighted by Crippen LogP contribution is 2.23. The fourth-order valence-corrected chi connectivity index (χ4v) is 3.92. The summed E-state index contributed by atoms with van der Waals surface area (Å²) in [4.78, 5) is 29.6. The Labute approximate surface area is 180 Å². The van der Waals surface area contributed by atoms with Crippen molar-refractivity contribution in [3.8, 4) is 0 Å². The van der Waals surface area contributed by atoms with Crippen LogP contribution in [-0.2, 0) is 6.54 Å². The maximum atomic E-state index is 12.6. The van der Waals surface area contributed by atoms with Gasteiger partial charge in [-0.15, -0.1) is 0 Å². The van der Waals surface area contributed by atoms with Gasteiger partial charge in [0.1, 0.15) is 11.1 Å². The Balaban J connectivity index is 1.45. The highest BCUT2D eigenvalue weighted by atomic mass is 35.5. The number of fused-ring (bicyclic) bond motifs is 1. The van der Waals surface area contributed by atoms with Crippen molar-refractivity contribution in [3.63, 3.8) is 0 Å². The zero-order valence-electron chi connectivity index (χ0n) is 16.9. The molecule has 0 spiro atoms. The van der Waals surface area contributed by atoms with Gasteiger partial charge >= 0.3 is 5.63 Å². The number of amides is 1. The van der Waals surface area contributed by atoms with Gasteiger partial charge in [0, 0.05) is 48.8 Å². The molecule has 0 aliphatic carbocycles. The zero-order valence-corrected chi connectivity index (χ0v) is 17.6. The Morgan fingerprint density at radius 1 is 1.07 bits per heavy atom. The predicted octanol–water partition coefficient (Wildman–Crippen LogP) is 3.84. The van der Waals surface area contributed by atoms with Crippen LogP contribution in [-0.4, -0.2) is 48.4 Å². The molecule has 0 unspecified atom stereocenters. The van der Waals surface area contributed by atoms with Gasteiger partial charge in [-0.1, -0.05) is 42.8 Å². The topological polar surface area (TPSA) is 65.8 Å². The number of rotatable bonds is 5. The summed E-state index contributed by atoms with van der Waals surface area (Å²) in [5.74, 6) is -0.519. The third-order valence-electron chi connectivity index (χ3n) is 5.50. The van der Waals surface area contributed by atoms with Crippen molar-refractivity contribution in [3.05, 3.63) is 75.1 Å². The van der Waals surface area contributed by atoms with E-state index in [4.69, 9.17) is 16.0 Å². The fraction of sp³-hybridized carbons (Fsp3) is 0.304. The molecule has 2 aromatic carbocycles. The molecule has 1 aromatic heterocycles. The molecule has 1 N–H and O–H groups in total. The van der Waals surface area contributed by atoms with Crippen LogP contribution in [0.15, 0.2) is 57.7 Å². The Kier molecular flexibility index (Phi) is 6.18. The van der Waals surface area contributed by atoms with Crippen molar-refractivity contribution in [2.45, 2.75) is 13.5 Å². The van der Waals surface area contributed by atoms with E-state index in [0.29, 0.717) is 21.7 Å². The van der Waals surface area contributed by atoms with Gasteiger partial charge in [0.2, 0.25) is 0 Å². The number of carbonyl (C=O) groups is 1. The van der Waals surface area contributed by atoms with Crippen molar-refractivity contribution >= 4 is 34.2 Å². The highest BCUT2D eigenvalue weighted by Gasteiger charge is 2.18. The number of likely N-dealkylation sites (N-methyl/N-ethyl adjacent to an activating group) is 1. The number of piperazine rings is 1. The molecule has 156 valence electrons. The van der Waals surface area contributed by atoms with Gasteiger partial charge < -0.3 is 14.6 Å². The van der Waals surface area contributed by atoms with Crippen LogP contribution < -0.4 is 10.9 Å². The Morgan fingerprint density at radius 2 is 1.80 bits per heavy atom. The van der Waals surface area contributed by atoms with Crippen molar-refractivity contribution in [2.24, 2.45) is 0 Å². The van der Waals surface area contributed by atoms with E-state index >= 15 is 0 Å². The SMILES string of the molecule is CCN1CCN(Cc2ccc(NC(=O)c3cc4ccccc4oc3=O)cc2Cl)CC1. The number of nitrogens with one attached hydrogen (secondary N) is 1. The van der Waals surface area contributed by atoms with Gasteiger partial charge in [0.25, 0.3) is 5.91 Å². The molecular formula is C23H24ClN3O3. The Morgan fingerprint density at radius 3 is 2.53 bits per heavy atom. The van der Waals surface area contributed by atoms with E-state index < -0.39 is 11.5 Å². The molecule has 4 rings (SSSR count). The van der Waals surface area contributed by atoms with E-state index in [9.17, 15) is 9.59 Å². The first-order valence-corrected chi connectivity index (χ1v) is 10.5. The lowest BCUT2D eigenvalue weighted by Crippen LogP contribution is -2.45. The summed E-state index contributed by atoms with van der Waals surface area (Å²) in [5.41, 5.74) is 1.30. The largest absolute Gasteiger partial charge is 0.422 e. The van der Waals surface area contributed by atoms with Gasteiger partial charge in [-0.25, -0.2) is 4.79 Å². The fourth-order valence-electron chi connectivity index (χ4n) is 3.68. The van der Waals surface area contributed by atoms with Gasteiger partial charge in [-0.3, -0.25) is 9.69 Å². The zero-order chi connectivity index (χ0) is 21.1. The molecular weight excluding hydrogens is 402 g/mol. The summed E-state index contributed by atoms with van der Waals surface area (Å²) < 4.78 is 5.24. The van der Waals surface area contributed by atoms with E-state index in [-0.39, 0.29) is 5.56 Å². The monoisotopic (exact) mass is 425 g/mol. The normalized spacial score (nSPS) is 15.4. The molecule has 0 radical (unpaired) electrons. The minimum Gasteiger partial charge on any atom is -0.422 e. The molecule has 7 heteroatoms. The van der Waals surface area contributed by atoms with Crippen LogP contribution in [0.5, 0.6) is 0 Å². The number of hydrogen-bond acceptors (Lipinski definition) is 5. The first-order valence-electron chi connectivity index (χ1n) is 10.1. The molecule has 30 heavy (non-hydrogen) atoms. The van der Waals surface area contributed by atoms with Gasteiger partial charge in [0.15, 0.2) is 0 Å². The molecule has 1 aliphatic heterocycles. The number of para-hydroxylation sites is 1. The van der Waals surface area contributed by atoms with E-state index in [1.165, 1.54) is 0 Å². The number of hydrogen-bond donors (Lipinski definition) is 1. The number of nitrogens with zero attached hydrogens (tertiary/aromatic N) is 2. The highest BCUT2D eigenvalue weighted by molar-refractivity contribution is 6.31. The molecule has 6 nitrogen and oxygen atoms in total. The summed E-state index contributed by atoms with van der Waals surface area (Å²) >= 11 is 6.47. The molecule has 0 bridgehead atoms. The summed E-state index contributed by atoms with van der Waals surface area (Å²) in [7, 11) is 0. The lowest BCUT2D eigenvalue weighted by molar-refractivity contribution is 0.102. The number of carbonyl (C=O) groups excluding carboxylic acids is 1. The summed E-state index contributed by atoms with van der Waals surface area (Å²) in [5, 5.41) is 4.03. The van der Waals surface area contributed by atoms with Crippen LogP contribution in [0.3, 0.4) is 0 Å². The average molecular weight is 426 g/mol. The van der Waals surface area contributed by atoms with Crippen molar-refractivity contribution < 1.29 is 9.21 Å². The Bertz CT molecular complexity index is 1120. The Hall–Kier alpha value is -2.67. The minimum absolute atomic E-state index is 0.0392. The maximum Gasteiger partial charge on any atom is 0.349 e. The molecule has 1 amide bonds. The smallest absolute Gasteiger partial charge is 0.349 e. The second kappa shape index (κ2) is 9.00. The number of benzene rings is 2. The first-order chi connectivity index (χ1) is 14.5. The summed E-state index contributed by atoms with van der Waals surface area (Å²) in [6, 6.07) is 14.1. The van der Waals surface area contributed by atoms with E-state index in [1.807, 2.05) is 18.2 Å². The summed E-state index contributed by atoms with van der Waals surface area (Å²) in [6.45, 7) is 8.20. The van der Waals surface area contributed by atoms with E-state index in [1.54, 1.807) is 30.3 Å². The average Bonchev–Trinajstić information content (AvgIpc) is 2.75. The second-order valence-corrected chi connectivity index (χ2v) is 7.86. The standard InChI is InChI=1S/C23H24ClN3O3/c1-2-26-9-11-27(12-10-26)15-17-7-8-18(14-20(17)24)25-22(28)19-13-16-5-3-4-6-21(16)30-23(19)29/h3-8,13-14H,2,9-12,15H2,1H3,(H,25,28). The van der Waals surface area contributed by atoms with Crippen LogP contribution >= 0.6 is 11.6 Å². The van der Waals surface area contributed by atoms with Crippen molar-refractivity contribution in [1.82, 2.24) is 9.80 Å². The second-order valence-electron chi connectivity index (χ2n) is 7.46. The van der Waals surface area contributed by atoms with Crippen LogP contribution in [0, 0.1) is 0 Å². The van der Waals surface area contributed by atoms with Gasteiger partial charge in [-0.2, -0.15) is 0 Å². The molecule has 0 saturated carbocycles. The number of halogens is 1. The third kappa shape index (κ3) is 4.56. The lowest BCUT2D eigenvalue weighted by Gasteiger charge is -2.34. The maximum absolute atomic E-state index is 12.6. The molecule has 1 aliphatic rings. The minimum atomic E-state index is -0.667. The van der Waals surface area contributed by atoms with Crippen LogP contribution in [0.2, 0.25) is 5.02 Å².